The fraction of sp³-hybridized carbons (Fsp3) is 0.208. The quantitative estimate of drug-likeness (QED) is 0.544. The molecule has 3 aromatic rings. The molecule has 2 aromatic carbocycles. The molecule has 0 saturated carbocycles. The molecule has 3 amide bonds. The van der Waals surface area contributed by atoms with Crippen molar-refractivity contribution in [2.45, 2.75) is 27.3 Å². The van der Waals surface area contributed by atoms with Crippen molar-refractivity contribution in [2.75, 3.05) is 23.1 Å². The van der Waals surface area contributed by atoms with E-state index in [1.54, 1.807) is 44.4 Å². The maximum absolute atomic E-state index is 12.9. The van der Waals surface area contributed by atoms with E-state index in [2.05, 4.69) is 16.0 Å². The van der Waals surface area contributed by atoms with Crippen LogP contribution in [0.1, 0.15) is 16.8 Å². The number of amides is 3. The number of urea groups is 1. The second-order valence-corrected chi connectivity index (χ2v) is 7.45. The van der Waals surface area contributed by atoms with Gasteiger partial charge in [0.05, 0.1) is 7.11 Å². The average molecular weight is 434 g/mol. The molecule has 0 saturated heterocycles. The minimum Gasteiger partial charge on any atom is -0.497 e. The van der Waals surface area contributed by atoms with Crippen molar-refractivity contribution in [2.24, 2.45) is 0 Å². The summed E-state index contributed by atoms with van der Waals surface area (Å²) in [5.41, 5.74) is 3.48. The van der Waals surface area contributed by atoms with Gasteiger partial charge in [-0.2, -0.15) is 0 Å². The van der Waals surface area contributed by atoms with E-state index >= 15 is 0 Å². The van der Waals surface area contributed by atoms with E-state index in [0.717, 1.165) is 11.1 Å². The van der Waals surface area contributed by atoms with Gasteiger partial charge >= 0.3 is 6.03 Å². The lowest BCUT2D eigenvalue weighted by atomic mass is 10.1. The highest BCUT2D eigenvalue weighted by molar-refractivity contribution is 5.99. The van der Waals surface area contributed by atoms with Gasteiger partial charge in [0.25, 0.3) is 5.56 Å². The normalized spacial score (nSPS) is 10.4. The Labute approximate surface area is 186 Å². The minimum absolute atomic E-state index is 0.0703. The van der Waals surface area contributed by atoms with Gasteiger partial charge in [-0.1, -0.05) is 17.7 Å². The zero-order valence-electron chi connectivity index (χ0n) is 18.5. The number of ether oxygens (including phenoxy) is 1. The van der Waals surface area contributed by atoms with Gasteiger partial charge in [0.15, 0.2) is 0 Å². The van der Waals surface area contributed by atoms with Gasteiger partial charge in [0, 0.05) is 17.1 Å². The largest absolute Gasteiger partial charge is 0.497 e. The molecule has 0 aliphatic carbocycles. The van der Waals surface area contributed by atoms with Crippen molar-refractivity contribution in [1.82, 2.24) is 4.57 Å². The highest BCUT2D eigenvalue weighted by Gasteiger charge is 2.13. The second kappa shape index (κ2) is 9.82. The average Bonchev–Trinajstić information content (AvgIpc) is 2.76. The van der Waals surface area contributed by atoms with Gasteiger partial charge in [-0.05, 0) is 68.8 Å². The Kier molecular flexibility index (Phi) is 6.94. The number of carbonyl (C=O) groups excluding carboxylic acids is 2. The van der Waals surface area contributed by atoms with Gasteiger partial charge in [-0.15, -0.1) is 0 Å². The lowest BCUT2D eigenvalue weighted by molar-refractivity contribution is -0.116. The first-order chi connectivity index (χ1) is 15.3. The van der Waals surface area contributed by atoms with Crippen LogP contribution in [0.4, 0.5) is 21.9 Å². The summed E-state index contributed by atoms with van der Waals surface area (Å²) in [4.78, 5) is 37.8. The Morgan fingerprint density at radius 1 is 0.875 bits per heavy atom. The number of pyridine rings is 1. The van der Waals surface area contributed by atoms with Crippen LogP contribution in [-0.2, 0) is 11.3 Å². The zero-order valence-corrected chi connectivity index (χ0v) is 18.5. The summed E-state index contributed by atoms with van der Waals surface area (Å²) in [6.07, 6.45) is 0. The van der Waals surface area contributed by atoms with Crippen LogP contribution in [0.2, 0.25) is 0 Å². The molecule has 1 aromatic heterocycles. The molecular formula is C24H26N4O4. The van der Waals surface area contributed by atoms with Gasteiger partial charge < -0.3 is 25.3 Å². The number of benzene rings is 2. The number of anilines is 3. The third-order valence-corrected chi connectivity index (χ3v) is 4.95. The van der Waals surface area contributed by atoms with Crippen molar-refractivity contribution in [3.63, 3.8) is 0 Å². The monoisotopic (exact) mass is 434 g/mol. The number of hydrogen-bond donors (Lipinski definition) is 3. The SMILES string of the molecule is COc1ccc(NC(=O)Nc2ccc(C)n(CC(=O)Nc3ccc(C)cc3C)c2=O)cc1. The number of hydrogen-bond acceptors (Lipinski definition) is 4. The molecule has 0 radical (unpaired) electrons. The van der Waals surface area contributed by atoms with Gasteiger partial charge in [-0.3, -0.25) is 9.59 Å². The van der Waals surface area contributed by atoms with E-state index in [-0.39, 0.29) is 18.1 Å². The van der Waals surface area contributed by atoms with Crippen molar-refractivity contribution in [1.29, 1.82) is 0 Å². The molecule has 1 heterocycles. The molecule has 0 fully saturated rings. The summed E-state index contributed by atoms with van der Waals surface area (Å²) in [6.45, 7) is 5.44. The highest BCUT2D eigenvalue weighted by atomic mass is 16.5. The number of aromatic nitrogens is 1. The Balaban J connectivity index is 1.71. The van der Waals surface area contributed by atoms with Crippen LogP contribution in [0.15, 0.2) is 59.4 Å². The van der Waals surface area contributed by atoms with Crippen LogP contribution >= 0.6 is 0 Å². The molecule has 8 nitrogen and oxygen atoms in total. The van der Waals surface area contributed by atoms with Crippen molar-refractivity contribution >= 4 is 29.0 Å². The topological polar surface area (TPSA) is 101 Å². The van der Waals surface area contributed by atoms with Crippen molar-refractivity contribution in [3.8, 4) is 5.75 Å². The summed E-state index contributed by atoms with van der Waals surface area (Å²) in [5, 5.41) is 8.04. The number of rotatable bonds is 6. The first-order valence-electron chi connectivity index (χ1n) is 10.1. The van der Waals surface area contributed by atoms with E-state index in [1.807, 2.05) is 32.0 Å². The van der Waals surface area contributed by atoms with E-state index in [1.165, 1.54) is 10.6 Å². The third kappa shape index (κ3) is 5.54. The van der Waals surface area contributed by atoms with Crippen LogP contribution in [0.25, 0.3) is 0 Å². The van der Waals surface area contributed by atoms with Crippen LogP contribution in [0, 0.1) is 20.8 Å². The predicted octanol–water partition coefficient (Wildman–Crippen LogP) is 4.06. The number of aryl methyl sites for hydroxylation is 3. The van der Waals surface area contributed by atoms with Crippen LogP contribution in [-0.4, -0.2) is 23.6 Å². The maximum Gasteiger partial charge on any atom is 0.323 e. The molecule has 0 unspecified atom stereocenters. The van der Waals surface area contributed by atoms with E-state index < -0.39 is 11.6 Å². The Bertz CT molecular complexity index is 1200. The Morgan fingerprint density at radius 2 is 1.56 bits per heavy atom. The second-order valence-electron chi connectivity index (χ2n) is 7.45. The predicted molar refractivity (Wildman–Crippen MR) is 126 cm³/mol. The number of nitrogens with one attached hydrogen (secondary N) is 3. The lowest BCUT2D eigenvalue weighted by Crippen LogP contribution is -2.32. The van der Waals surface area contributed by atoms with Gasteiger partial charge in [0.2, 0.25) is 5.91 Å². The maximum atomic E-state index is 12.9. The van der Waals surface area contributed by atoms with E-state index in [0.29, 0.717) is 22.8 Å². The highest BCUT2D eigenvalue weighted by Crippen LogP contribution is 2.17. The van der Waals surface area contributed by atoms with Crippen molar-refractivity contribution < 1.29 is 14.3 Å². The summed E-state index contributed by atoms with van der Waals surface area (Å²) < 4.78 is 6.41. The number of nitrogens with zero attached hydrogens (tertiary/aromatic N) is 1. The summed E-state index contributed by atoms with van der Waals surface area (Å²) >= 11 is 0. The number of methoxy groups -OCH3 is 1. The third-order valence-electron chi connectivity index (χ3n) is 4.95. The van der Waals surface area contributed by atoms with Crippen molar-refractivity contribution in [3.05, 3.63) is 81.8 Å². The molecule has 3 rings (SSSR count). The summed E-state index contributed by atoms with van der Waals surface area (Å²) in [5.74, 6) is 0.332. The van der Waals surface area contributed by atoms with E-state index in [9.17, 15) is 14.4 Å². The standard InChI is InChI=1S/C24H26N4O4/c1-15-5-11-20(16(2)13-15)26-22(29)14-28-17(3)6-12-21(23(28)30)27-24(31)25-18-7-9-19(32-4)10-8-18/h5-13H,14H2,1-4H3,(H,26,29)(H2,25,27,31). The first-order valence-corrected chi connectivity index (χ1v) is 10.1. The van der Waals surface area contributed by atoms with Crippen LogP contribution < -0.4 is 26.2 Å². The fourth-order valence-electron chi connectivity index (χ4n) is 3.21. The summed E-state index contributed by atoms with van der Waals surface area (Å²) in [7, 11) is 1.56. The van der Waals surface area contributed by atoms with E-state index in [4.69, 9.17) is 4.74 Å². The number of carbonyl (C=O) groups is 2. The van der Waals surface area contributed by atoms with Gasteiger partial charge in [-0.25, -0.2) is 4.79 Å². The lowest BCUT2D eigenvalue weighted by Gasteiger charge is -2.14. The molecule has 0 spiro atoms. The molecule has 32 heavy (non-hydrogen) atoms. The van der Waals surface area contributed by atoms with Crippen LogP contribution in [0.3, 0.4) is 0 Å². The molecule has 0 aliphatic heterocycles. The van der Waals surface area contributed by atoms with Gasteiger partial charge in [0.1, 0.15) is 18.0 Å². The molecule has 0 bridgehead atoms. The zero-order chi connectivity index (χ0) is 23.3. The first kappa shape index (κ1) is 22.6. The fourth-order valence-corrected chi connectivity index (χ4v) is 3.21. The smallest absolute Gasteiger partial charge is 0.323 e. The molecule has 166 valence electrons. The van der Waals surface area contributed by atoms with Crippen LogP contribution in [0.5, 0.6) is 5.75 Å². The molecule has 0 aliphatic rings. The minimum atomic E-state index is -0.567. The molecular weight excluding hydrogens is 408 g/mol. The summed E-state index contributed by atoms with van der Waals surface area (Å²) in [6, 6.07) is 15.1. The Morgan fingerprint density at radius 3 is 2.22 bits per heavy atom. The molecule has 8 heteroatoms. The molecule has 3 N–H and O–H groups in total. The Hall–Kier alpha value is -4.07. The molecule has 0 atom stereocenters.